The van der Waals surface area contributed by atoms with Crippen molar-refractivity contribution in [3.05, 3.63) is 52.8 Å². The fourth-order valence-electron chi connectivity index (χ4n) is 2.20. The monoisotopic (exact) mass is 438 g/mol. The van der Waals surface area contributed by atoms with Crippen LogP contribution in [0.15, 0.2) is 56.4 Å². The number of hydrogen-bond acceptors (Lipinski definition) is 7. The molecule has 1 aromatic heterocycles. The number of rotatable bonds is 6. The van der Waals surface area contributed by atoms with Crippen molar-refractivity contribution in [1.29, 1.82) is 0 Å². The number of aromatic nitrogens is 2. The van der Waals surface area contributed by atoms with Crippen molar-refractivity contribution >= 4 is 26.0 Å². The van der Waals surface area contributed by atoms with Gasteiger partial charge in [0.1, 0.15) is 16.4 Å². The molecule has 2 aromatic carbocycles. The zero-order chi connectivity index (χ0) is 18.7. The summed E-state index contributed by atoms with van der Waals surface area (Å²) in [5.74, 6) is 1.26. The third kappa shape index (κ3) is 4.05. The van der Waals surface area contributed by atoms with Gasteiger partial charge in [-0.3, -0.25) is 0 Å². The fourth-order valence-corrected chi connectivity index (χ4v) is 3.81. The number of hydrogen-bond donors (Lipinski definition) is 0. The lowest BCUT2D eigenvalue weighted by atomic mass is 10.2. The first-order chi connectivity index (χ1) is 12.4. The topological polar surface area (TPSA) is 91.5 Å². The van der Waals surface area contributed by atoms with Gasteiger partial charge in [0, 0.05) is 17.0 Å². The molecule has 0 aliphatic heterocycles. The third-order valence-electron chi connectivity index (χ3n) is 3.32. The second-order valence-corrected chi connectivity index (χ2v) is 7.65. The molecule has 0 spiro atoms. The van der Waals surface area contributed by atoms with E-state index in [-0.39, 0.29) is 16.4 Å². The summed E-state index contributed by atoms with van der Waals surface area (Å²) in [5.41, 5.74) is 0.684. The maximum atomic E-state index is 12.6. The van der Waals surface area contributed by atoms with Crippen molar-refractivity contribution in [2.45, 2.75) is 18.7 Å². The van der Waals surface area contributed by atoms with Gasteiger partial charge in [-0.05, 0) is 49.4 Å². The minimum Gasteiger partial charge on any atom is -0.492 e. The molecule has 136 valence electrons. The Kier molecular flexibility index (Phi) is 5.28. The van der Waals surface area contributed by atoms with Crippen LogP contribution in [0.1, 0.15) is 12.8 Å². The fraction of sp³-hybridized carbons (Fsp3) is 0.176. The average Bonchev–Trinajstić information content (AvgIpc) is 3.03. The van der Waals surface area contributed by atoms with Crippen LogP contribution in [-0.4, -0.2) is 25.2 Å². The van der Waals surface area contributed by atoms with Gasteiger partial charge in [0.2, 0.25) is 11.7 Å². The van der Waals surface area contributed by atoms with Crippen LogP contribution in [-0.2, 0) is 10.1 Å². The largest absolute Gasteiger partial charge is 0.492 e. The summed E-state index contributed by atoms with van der Waals surface area (Å²) in [6.45, 7) is 3.80. The van der Waals surface area contributed by atoms with E-state index in [1.54, 1.807) is 38.1 Å². The summed E-state index contributed by atoms with van der Waals surface area (Å²) >= 11 is 3.26. The molecule has 26 heavy (non-hydrogen) atoms. The van der Waals surface area contributed by atoms with Gasteiger partial charge in [-0.25, -0.2) is 0 Å². The Hall–Kier alpha value is -2.39. The van der Waals surface area contributed by atoms with E-state index in [2.05, 4.69) is 26.1 Å². The van der Waals surface area contributed by atoms with Crippen LogP contribution >= 0.6 is 15.9 Å². The Morgan fingerprint density at radius 2 is 1.88 bits per heavy atom. The molecular formula is C17H15BrN2O5S. The van der Waals surface area contributed by atoms with Crippen LogP contribution in [0.4, 0.5) is 0 Å². The van der Waals surface area contributed by atoms with E-state index in [4.69, 9.17) is 13.4 Å². The molecule has 0 atom stereocenters. The third-order valence-corrected chi connectivity index (χ3v) is 5.08. The minimum atomic E-state index is -4.07. The summed E-state index contributed by atoms with van der Waals surface area (Å²) in [4.78, 5) is 4.07. The summed E-state index contributed by atoms with van der Waals surface area (Å²) < 4.78 is 41.4. The zero-order valence-electron chi connectivity index (χ0n) is 14.0. The molecule has 0 bridgehead atoms. The van der Waals surface area contributed by atoms with E-state index in [9.17, 15) is 8.42 Å². The first-order valence-electron chi connectivity index (χ1n) is 7.66. The van der Waals surface area contributed by atoms with Gasteiger partial charge in [0.15, 0.2) is 0 Å². The molecule has 0 saturated carbocycles. The van der Waals surface area contributed by atoms with Gasteiger partial charge in [-0.2, -0.15) is 13.4 Å². The van der Waals surface area contributed by atoms with Crippen molar-refractivity contribution < 1.29 is 21.9 Å². The molecule has 0 saturated heterocycles. The smallest absolute Gasteiger partial charge is 0.342 e. The SMILES string of the molecule is CCOc1ccc(Br)cc1S(=O)(=O)Oc1ccc(-c2noc(C)n2)cc1. The Morgan fingerprint density at radius 1 is 1.15 bits per heavy atom. The van der Waals surface area contributed by atoms with Crippen molar-refractivity contribution in [2.75, 3.05) is 6.61 Å². The van der Waals surface area contributed by atoms with E-state index in [1.807, 2.05) is 0 Å². The van der Waals surface area contributed by atoms with Crippen molar-refractivity contribution in [1.82, 2.24) is 10.1 Å². The highest BCUT2D eigenvalue weighted by atomic mass is 79.9. The van der Waals surface area contributed by atoms with Crippen LogP contribution in [0.3, 0.4) is 0 Å². The molecular weight excluding hydrogens is 424 g/mol. The number of benzene rings is 2. The number of aryl methyl sites for hydroxylation is 1. The standard InChI is InChI=1S/C17H15BrN2O5S/c1-3-23-15-9-6-13(18)10-16(15)26(21,22)25-14-7-4-12(5-8-14)17-19-11(2)24-20-17/h4-10H,3H2,1-2H3. The van der Waals surface area contributed by atoms with E-state index in [0.717, 1.165) is 0 Å². The van der Waals surface area contributed by atoms with Crippen LogP contribution < -0.4 is 8.92 Å². The van der Waals surface area contributed by atoms with Gasteiger partial charge < -0.3 is 13.4 Å². The molecule has 0 amide bonds. The first-order valence-corrected chi connectivity index (χ1v) is 9.87. The van der Waals surface area contributed by atoms with E-state index in [0.29, 0.717) is 28.4 Å². The molecule has 7 nitrogen and oxygen atoms in total. The number of ether oxygens (including phenoxy) is 1. The Morgan fingerprint density at radius 3 is 2.50 bits per heavy atom. The molecule has 3 rings (SSSR count). The second-order valence-electron chi connectivity index (χ2n) is 5.22. The summed E-state index contributed by atoms with van der Waals surface area (Å²) in [5, 5.41) is 3.81. The quantitative estimate of drug-likeness (QED) is 0.537. The molecule has 0 aliphatic rings. The maximum absolute atomic E-state index is 12.6. The summed E-state index contributed by atoms with van der Waals surface area (Å²) in [6.07, 6.45) is 0. The Bertz CT molecular complexity index is 1020. The lowest BCUT2D eigenvalue weighted by molar-refractivity contribution is 0.329. The van der Waals surface area contributed by atoms with Crippen LogP contribution in [0, 0.1) is 6.92 Å². The molecule has 0 unspecified atom stereocenters. The summed E-state index contributed by atoms with van der Waals surface area (Å²) in [6, 6.07) is 11.1. The van der Waals surface area contributed by atoms with Gasteiger partial charge in [-0.15, -0.1) is 0 Å². The van der Waals surface area contributed by atoms with Crippen molar-refractivity contribution in [2.24, 2.45) is 0 Å². The highest BCUT2D eigenvalue weighted by Crippen LogP contribution is 2.30. The van der Waals surface area contributed by atoms with Crippen LogP contribution in [0.5, 0.6) is 11.5 Å². The van der Waals surface area contributed by atoms with Gasteiger partial charge in [0.25, 0.3) is 0 Å². The van der Waals surface area contributed by atoms with Gasteiger partial charge >= 0.3 is 10.1 Å². The predicted octanol–water partition coefficient (Wildman–Crippen LogP) is 3.97. The molecule has 0 N–H and O–H groups in total. The zero-order valence-corrected chi connectivity index (χ0v) is 16.4. The molecule has 0 fully saturated rings. The first kappa shape index (κ1) is 18.4. The Labute approximate surface area is 159 Å². The van der Waals surface area contributed by atoms with Crippen molar-refractivity contribution in [3.8, 4) is 22.9 Å². The number of halogens is 1. The average molecular weight is 439 g/mol. The van der Waals surface area contributed by atoms with E-state index >= 15 is 0 Å². The highest BCUT2D eigenvalue weighted by molar-refractivity contribution is 9.10. The molecule has 9 heteroatoms. The number of nitrogens with zero attached hydrogens (tertiary/aromatic N) is 2. The Balaban J connectivity index is 1.87. The molecule has 1 heterocycles. The summed E-state index contributed by atoms with van der Waals surface area (Å²) in [7, 11) is -4.07. The lowest BCUT2D eigenvalue weighted by Gasteiger charge is -2.12. The minimum absolute atomic E-state index is 0.0494. The lowest BCUT2D eigenvalue weighted by Crippen LogP contribution is -2.12. The van der Waals surface area contributed by atoms with Gasteiger partial charge in [0.05, 0.1) is 6.61 Å². The highest BCUT2D eigenvalue weighted by Gasteiger charge is 2.23. The van der Waals surface area contributed by atoms with E-state index in [1.165, 1.54) is 18.2 Å². The molecule has 3 aromatic rings. The van der Waals surface area contributed by atoms with E-state index < -0.39 is 10.1 Å². The van der Waals surface area contributed by atoms with Crippen LogP contribution in [0.25, 0.3) is 11.4 Å². The van der Waals surface area contributed by atoms with Crippen LogP contribution in [0.2, 0.25) is 0 Å². The second kappa shape index (κ2) is 7.46. The maximum Gasteiger partial charge on any atom is 0.342 e. The predicted molar refractivity (Wildman–Crippen MR) is 97.6 cm³/mol. The molecule has 0 aliphatic carbocycles. The molecule has 0 radical (unpaired) electrons. The van der Waals surface area contributed by atoms with Crippen molar-refractivity contribution in [3.63, 3.8) is 0 Å². The van der Waals surface area contributed by atoms with Gasteiger partial charge in [-0.1, -0.05) is 21.1 Å². The normalized spacial score (nSPS) is 11.3.